The molecule has 3 rings (SSSR count). The van der Waals surface area contributed by atoms with Gasteiger partial charge in [0, 0.05) is 18.1 Å². The number of nitrogens with zero attached hydrogens (tertiary/aromatic N) is 3. The van der Waals surface area contributed by atoms with E-state index in [9.17, 15) is 0 Å². The van der Waals surface area contributed by atoms with E-state index in [2.05, 4.69) is 57.5 Å². The number of hydrogen-bond acceptors (Lipinski definition) is 5. The Morgan fingerprint density at radius 3 is 2.71 bits per heavy atom. The van der Waals surface area contributed by atoms with E-state index in [1.54, 1.807) is 6.20 Å². The number of aromatic nitrogens is 2. The van der Waals surface area contributed by atoms with Crippen molar-refractivity contribution < 1.29 is 0 Å². The number of benzene rings is 2. The lowest BCUT2D eigenvalue weighted by atomic mass is 10.1. The van der Waals surface area contributed by atoms with Gasteiger partial charge in [0.25, 0.3) is 0 Å². The summed E-state index contributed by atoms with van der Waals surface area (Å²) in [6.45, 7) is 2.90. The standard InChI is InChI=1S/C16H17N5/c1-2-21(15-10-11-18-16(19-15)20-17)14-9-5-7-12-6-3-4-8-13(12)14/h3-11H,2,17H2,1H3,(H,18,19,20). The van der Waals surface area contributed by atoms with Crippen LogP contribution in [0.25, 0.3) is 10.8 Å². The van der Waals surface area contributed by atoms with Gasteiger partial charge in [0.2, 0.25) is 5.95 Å². The van der Waals surface area contributed by atoms with E-state index < -0.39 is 0 Å². The van der Waals surface area contributed by atoms with Crippen molar-refractivity contribution >= 4 is 28.2 Å². The Bertz CT molecular complexity index is 751. The highest BCUT2D eigenvalue weighted by molar-refractivity contribution is 5.95. The summed E-state index contributed by atoms with van der Waals surface area (Å²) in [6.07, 6.45) is 1.70. The number of nitrogens with one attached hydrogen (secondary N) is 1. The zero-order valence-electron chi connectivity index (χ0n) is 11.8. The van der Waals surface area contributed by atoms with Gasteiger partial charge in [-0.25, -0.2) is 10.8 Å². The third-order valence-corrected chi connectivity index (χ3v) is 3.42. The van der Waals surface area contributed by atoms with E-state index in [-0.39, 0.29) is 0 Å². The highest BCUT2D eigenvalue weighted by atomic mass is 15.3. The van der Waals surface area contributed by atoms with E-state index >= 15 is 0 Å². The van der Waals surface area contributed by atoms with Crippen LogP contribution in [0.1, 0.15) is 6.92 Å². The van der Waals surface area contributed by atoms with Crippen LogP contribution in [0.2, 0.25) is 0 Å². The van der Waals surface area contributed by atoms with Crippen molar-refractivity contribution in [3.05, 3.63) is 54.7 Å². The predicted molar refractivity (Wildman–Crippen MR) is 86.5 cm³/mol. The molecule has 106 valence electrons. The molecule has 0 aliphatic rings. The van der Waals surface area contributed by atoms with Crippen molar-refractivity contribution in [3.63, 3.8) is 0 Å². The number of rotatable bonds is 4. The molecule has 0 radical (unpaired) electrons. The van der Waals surface area contributed by atoms with Crippen LogP contribution in [0.5, 0.6) is 0 Å². The average Bonchev–Trinajstić information content (AvgIpc) is 2.56. The molecule has 0 fully saturated rings. The highest BCUT2D eigenvalue weighted by Crippen LogP contribution is 2.31. The molecule has 0 atom stereocenters. The summed E-state index contributed by atoms with van der Waals surface area (Å²) in [5.74, 6) is 6.62. The molecule has 5 heteroatoms. The van der Waals surface area contributed by atoms with Crippen molar-refractivity contribution in [2.24, 2.45) is 5.84 Å². The van der Waals surface area contributed by atoms with Crippen molar-refractivity contribution in [2.75, 3.05) is 16.9 Å². The SMILES string of the molecule is CCN(c1ccnc(NN)n1)c1cccc2ccccc12. The summed E-state index contributed by atoms with van der Waals surface area (Å²) >= 11 is 0. The van der Waals surface area contributed by atoms with Crippen molar-refractivity contribution in [2.45, 2.75) is 6.92 Å². The summed E-state index contributed by atoms with van der Waals surface area (Å²) in [5.41, 5.74) is 3.61. The molecule has 0 bridgehead atoms. The monoisotopic (exact) mass is 279 g/mol. The molecule has 0 saturated carbocycles. The number of nitrogen functional groups attached to an aromatic ring is 1. The Morgan fingerprint density at radius 1 is 1.10 bits per heavy atom. The fraction of sp³-hybridized carbons (Fsp3) is 0.125. The maximum Gasteiger partial charge on any atom is 0.239 e. The van der Waals surface area contributed by atoms with Crippen LogP contribution in [0.15, 0.2) is 54.7 Å². The molecule has 21 heavy (non-hydrogen) atoms. The first kappa shape index (κ1) is 13.3. The number of hydrogen-bond donors (Lipinski definition) is 2. The van der Waals surface area contributed by atoms with E-state index in [1.165, 1.54) is 10.8 Å². The average molecular weight is 279 g/mol. The van der Waals surface area contributed by atoms with E-state index in [1.807, 2.05) is 18.2 Å². The molecule has 3 N–H and O–H groups in total. The van der Waals surface area contributed by atoms with Gasteiger partial charge in [0.1, 0.15) is 5.82 Å². The van der Waals surface area contributed by atoms with Crippen LogP contribution in [0, 0.1) is 0 Å². The number of anilines is 3. The third-order valence-electron chi connectivity index (χ3n) is 3.42. The summed E-state index contributed by atoms with van der Waals surface area (Å²) in [5, 5.41) is 2.40. The third kappa shape index (κ3) is 2.51. The molecule has 5 nitrogen and oxygen atoms in total. The highest BCUT2D eigenvalue weighted by Gasteiger charge is 2.12. The maximum absolute atomic E-state index is 5.40. The summed E-state index contributed by atoms with van der Waals surface area (Å²) in [4.78, 5) is 10.6. The number of fused-ring (bicyclic) bond motifs is 1. The van der Waals surface area contributed by atoms with Crippen LogP contribution < -0.4 is 16.2 Å². The second-order valence-electron chi connectivity index (χ2n) is 4.63. The van der Waals surface area contributed by atoms with Gasteiger partial charge in [-0.2, -0.15) is 4.98 Å². The van der Waals surface area contributed by atoms with Gasteiger partial charge >= 0.3 is 0 Å². The van der Waals surface area contributed by atoms with Gasteiger partial charge in [-0.15, -0.1) is 0 Å². The molecule has 2 aromatic carbocycles. The second kappa shape index (κ2) is 5.76. The Hall–Kier alpha value is -2.66. The first-order chi connectivity index (χ1) is 10.3. The molecular formula is C16H17N5. The molecular weight excluding hydrogens is 262 g/mol. The topological polar surface area (TPSA) is 67.1 Å². The van der Waals surface area contributed by atoms with Gasteiger partial charge in [-0.05, 0) is 24.4 Å². The molecule has 1 aromatic heterocycles. The quantitative estimate of drug-likeness (QED) is 0.567. The summed E-state index contributed by atoms with van der Waals surface area (Å²) < 4.78 is 0. The molecule has 0 aliphatic heterocycles. The van der Waals surface area contributed by atoms with Gasteiger partial charge in [0.05, 0.1) is 5.69 Å². The Balaban J connectivity index is 2.13. The lowest BCUT2D eigenvalue weighted by Gasteiger charge is -2.23. The fourth-order valence-electron chi connectivity index (χ4n) is 2.47. The first-order valence-electron chi connectivity index (χ1n) is 6.88. The minimum absolute atomic E-state index is 0.409. The number of nitrogens with two attached hydrogens (primary N) is 1. The molecule has 0 aliphatic carbocycles. The molecule has 0 saturated heterocycles. The Labute approximate surface area is 123 Å². The Kier molecular flexibility index (Phi) is 3.66. The summed E-state index contributed by atoms with van der Waals surface area (Å²) in [7, 11) is 0. The van der Waals surface area contributed by atoms with Crippen LogP contribution in [0.4, 0.5) is 17.5 Å². The Morgan fingerprint density at radius 2 is 1.90 bits per heavy atom. The second-order valence-corrected chi connectivity index (χ2v) is 4.63. The van der Waals surface area contributed by atoms with E-state index in [0.717, 1.165) is 18.1 Å². The van der Waals surface area contributed by atoms with Crippen LogP contribution >= 0.6 is 0 Å². The minimum Gasteiger partial charge on any atom is -0.326 e. The van der Waals surface area contributed by atoms with Gasteiger partial charge in [-0.1, -0.05) is 36.4 Å². The largest absolute Gasteiger partial charge is 0.326 e. The van der Waals surface area contributed by atoms with Gasteiger partial charge in [0.15, 0.2) is 0 Å². The van der Waals surface area contributed by atoms with Crippen LogP contribution in [-0.4, -0.2) is 16.5 Å². The lowest BCUT2D eigenvalue weighted by molar-refractivity contribution is 0.978. The fourth-order valence-corrected chi connectivity index (χ4v) is 2.47. The van der Waals surface area contributed by atoms with Crippen LogP contribution in [0.3, 0.4) is 0 Å². The first-order valence-corrected chi connectivity index (χ1v) is 6.88. The van der Waals surface area contributed by atoms with E-state index in [4.69, 9.17) is 5.84 Å². The minimum atomic E-state index is 0.409. The maximum atomic E-state index is 5.40. The lowest BCUT2D eigenvalue weighted by Crippen LogP contribution is -2.19. The molecule has 0 amide bonds. The molecule has 3 aromatic rings. The zero-order valence-corrected chi connectivity index (χ0v) is 11.8. The van der Waals surface area contributed by atoms with Gasteiger partial charge in [-0.3, -0.25) is 5.43 Å². The van der Waals surface area contributed by atoms with Crippen molar-refractivity contribution in [1.82, 2.24) is 9.97 Å². The molecule has 0 spiro atoms. The molecule has 1 heterocycles. The van der Waals surface area contributed by atoms with Gasteiger partial charge < -0.3 is 4.90 Å². The summed E-state index contributed by atoms with van der Waals surface area (Å²) in [6, 6.07) is 16.5. The predicted octanol–water partition coefficient (Wildman–Crippen LogP) is 3.07. The normalized spacial score (nSPS) is 10.6. The zero-order chi connectivity index (χ0) is 14.7. The smallest absolute Gasteiger partial charge is 0.239 e. The molecule has 0 unspecified atom stereocenters. The van der Waals surface area contributed by atoms with Crippen LogP contribution in [-0.2, 0) is 0 Å². The number of hydrazine groups is 1. The van der Waals surface area contributed by atoms with Crippen molar-refractivity contribution in [3.8, 4) is 0 Å². The van der Waals surface area contributed by atoms with E-state index in [0.29, 0.717) is 5.95 Å². The van der Waals surface area contributed by atoms with Crippen molar-refractivity contribution in [1.29, 1.82) is 0 Å².